The van der Waals surface area contributed by atoms with Crippen LogP contribution in [0.5, 0.6) is 0 Å². The first-order valence-electron chi connectivity index (χ1n) is 8.54. The number of carbonyl (C=O) groups excluding carboxylic acids is 2. The van der Waals surface area contributed by atoms with Gasteiger partial charge in [0.05, 0.1) is 0 Å². The summed E-state index contributed by atoms with van der Waals surface area (Å²) in [5, 5.41) is 11.2. The van der Waals surface area contributed by atoms with Crippen LogP contribution in [-0.2, 0) is 6.54 Å². The van der Waals surface area contributed by atoms with E-state index in [9.17, 15) is 9.59 Å². The van der Waals surface area contributed by atoms with Crippen LogP contribution in [0, 0.1) is 0 Å². The molecule has 136 valence electrons. The fourth-order valence-electron chi connectivity index (χ4n) is 2.60. The summed E-state index contributed by atoms with van der Waals surface area (Å²) in [6.45, 7) is 2.02. The minimum absolute atomic E-state index is 0.00729. The van der Waals surface area contributed by atoms with Gasteiger partial charge in [-0.1, -0.05) is 42.5 Å². The Labute approximate surface area is 157 Å². The SMILES string of the molecule is CC(=O)c1cccc(Nc2ccc(C(=O)N(C)Cc3ccccc3)nn2)c1. The Morgan fingerprint density at radius 2 is 1.74 bits per heavy atom. The molecule has 6 nitrogen and oxygen atoms in total. The van der Waals surface area contributed by atoms with Crippen molar-refractivity contribution in [3.05, 3.63) is 83.6 Å². The first-order valence-corrected chi connectivity index (χ1v) is 8.54. The third kappa shape index (κ3) is 4.76. The molecule has 27 heavy (non-hydrogen) atoms. The van der Waals surface area contributed by atoms with Crippen molar-refractivity contribution in [2.24, 2.45) is 0 Å². The molecule has 6 heteroatoms. The molecule has 0 aliphatic heterocycles. The first kappa shape index (κ1) is 18.3. The summed E-state index contributed by atoms with van der Waals surface area (Å²) < 4.78 is 0. The maximum atomic E-state index is 12.5. The number of amides is 1. The van der Waals surface area contributed by atoms with Gasteiger partial charge in [-0.05, 0) is 36.8 Å². The molecule has 0 atom stereocenters. The van der Waals surface area contributed by atoms with Gasteiger partial charge in [0.2, 0.25) is 0 Å². The van der Waals surface area contributed by atoms with Crippen LogP contribution in [0.1, 0.15) is 33.3 Å². The highest BCUT2D eigenvalue weighted by atomic mass is 16.2. The number of anilines is 2. The van der Waals surface area contributed by atoms with Crippen molar-refractivity contribution in [3.8, 4) is 0 Å². The average molecular weight is 360 g/mol. The number of hydrogen-bond acceptors (Lipinski definition) is 5. The Kier molecular flexibility index (Phi) is 5.56. The molecule has 0 spiro atoms. The standard InChI is InChI=1S/C21H20N4O2/c1-15(26)17-9-6-10-18(13-17)22-20-12-11-19(23-24-20)21(27)25(2)14-16-7-4-3-5-8-16/h3-13H,14H2,1-2H3,(H,22,24). The number of benzene rings is 2. The van der Waals surface area contributed by atoms with Crippen molar-refractivity contribution in [1.82, 2.24) is 15.1 Å². The lowest BCUT2D eigenvalue weighted by Gasteiger charge is -2.16. The van der Waals surface area contributed by atoms with Crippen LogP contribution in [0.25, 0.3) is 0 Å². The summed E-state index contributed by atoms with van der Waals surface area (Å²) in [5.74, 6) is 0.293. The fourth-order valence-corrected chi connectivity index (χ4v) is 2.60. The third-order valence-electron chi connectivity index (χ3n) is 4.03. The second-order valence-electron chi connectivity index (χ2n) is 6.21. The molecule has 0 aliphatic rings. The van der Waals surface area contributed by atoms with E-state index in [0.717, 1.165) is 11.3 Å². The van der Waals surface area contributed by atoms with Crippen molar-refractivity contribution >= 4 is 23.2 Å². The summed E-state index contributed by atoms with van der Waals surface area (Å²) in [7, 11) is 1.73. The van der Waals surface area contributed by atoms with Crippen molar-refractivity contribution in [2.75, 3.05) is 12.4 Å². The molecule has 3 aromatic rings. The maximum absolute atomic E-state index is 12.5. The maximum Gasteiger partial charge on any atom is 0.274 e. The van der Waals surface area contributed by atoms with E-state index in [2.05, 4.69) is 15.5 Å². The average Bonchev–Trinajstić information content (AvgIpc) is 2.69. The van der Waals surface area contributed by atoms with Gasteiger partial charge >= 0.3 is 0 Å². The molecule has 2 aromatic carbocycles. The monoisotopic (exact) mass is 360 g/mol. The molecule has 0 aliphatic carbocycles. The predicted molar refractivity (Wildman–Crippen MR) is 104 cm³/mol. The van der Waals surface area contributed by atoms with E-state index in [-0.39, 0.29) is 17.4 Å². The Morgan fingerprint density at radius 3 is 2.41 bits per heavy atom. The summed E-state index contributed by atoms with van der Waals surface area (Å²) in [6, 6.07) is 20.2. The molecule has 1 heterocycles. The van der Waals surface area contributed by atoms with E-state index in [1.807, 2.05) is 36.4 Å². The smallest absolute Gasteiger partial charge is 0.274 e. The molecule has 0 radical (unpaired) electrons. The third-order valence-corrected chi connectivity index (χ3v) is 4.03. The lowest BCUT2D eigenvalue weighted by Crippen LogP contribution is -2.27. The summed E-state index contributed by atoms with van der Waals surface area (Å²) >= 11 is 0. The molecule has 1 aromatic heterocycles. The van der Waals surface area contributed by atoms with Crippen LogP contribution in [0.4, 0.5) is 11.5 Å². The number of carbonyl (C=O) groups is 2. The van der Waals surface area contributed by atoms with Crippen LogP contribution < -0.4 is 5.32 Å². The Hall–Kier alpha value is -3.54. The number of aromatic nitrogens is 2. The van der Waals surface area contributed by atoms with E-state index < -0.39 is 0 Å². The molecule has 0 saturated carbocycles. The van der Waals surface area contributed by atoms with E-state index in [1.54, 1.807) is 42.3 Å². The Bertz CT molecular complexity index is 940. The van der Waals surface area contributed by atoms with Gasteiger partial charge in [0.25, 0.3) is 5.91 Å². The highest BCUT2D eigenvalue weighted by Crippen LogP contribution is 2.16. The van der Waals surface area contributed by atoms with Crippen LogP contribution >= 0.6 is 0 Å². The van der Waals surface area contributed by atoms with Crippen LogP contribution in [0.2, 0.25) is 0 Å². The van der Waals surface area contributed by atoms with Gasteiger partial charge in [0, 0.05) is 24.8 Å². The summed E-state index contributed by atoms with van der Waals surface area (Å²) in [6.07, 6.45) is 0. The lowest BCUT2D eigenvalue weighted by molar-refractivity contribution is 0.0778. The van der Waals surface area contributed by atoms with E-state index in [4.69, 9.17) is 0 Å². The molecule has 1 amide bonds. The van der Waals surface area contributed by atoms with Crippen molar-refractivity contribution < 1.29 is 9.59 Å². The van der Waals surface area contributed by atoms with Gasteiger partial charge in [-0.15, -0.1) is 10.2 Å². The molecular formula is C21H20N4O2. The molecule has 1 N–H and O–H groups in total. The van der Waals surface area contributed by atoms with E-state index >= 15 is 0 Å². The largest absolute Gasteiger partial charge is 0.339 e. The fraction of sp³-hybridized carbons (Fsp3) is 0.143. The number of hydrogen-bond donors (Lipinski definition) is 1. The molecule has 0 unspecified atom stereocenters. The van der Waals surface area contributed by atoms with Gasteiger partial charge in [0.1, 0.15) is 0 Å². The zero-order valence-corrected chi connectivity index (χ0v) is 15.2. The van der Waals surface area contributed by atoms with Crippen molar-refractivity contribution in [3.63, 3.8) is 0 Å². The van der Waals surface area contributed by atoms with Crippen molar-refractivity contribution in [2.45, 2.75) is 13.5 Å². The van der Waals surface area contributed by atoms with Gasteiger partial charge in [-0.2, -0.15) is 0 Å². The summed E-state index contributed by atoms with van der Waals surface area (Å²) in [5.41, 5.74) is 2.67. The van der Waals surface area contributed by atoms with Gasteiger partial charge in [0.15, 0.2) is 17.3 Å². The number of nitrogens with zero attached hydrogens (tertiary/aromatic N) is 3. The Morgan fingerprint density at radius 1 is 0.963 bits per heavy atom. The van der Waals surface area contributed by atoms with Crippen molar-refractivity contribution in [1.29, 1.82) is 0 Å². The van der Waals surface area contributed by atoms with Crippen LogP contribution in [0.3, 0.4) is 0 Å². The highest BCUT2D eigenvalue weighted by Gasteiger charge is 2.14. The van der Waals surface area contributed by atoms with E-state index in [0.29, 0.717) is 17.9 Å². The number of Topliss-reactive ketones (excluding diaryl/α,β-unsaturated/α-hetero) is 1. The molecule has 3 rings (SSSR count). The van der Waals surface area contributed by atoms with Crippen LogP contribution in [0.15, 0.2) is 66.7 Å². The van der Waals surface area contributed by atoms with E-state index in [1.165, 1.54) is 6.92 Å². The lowest BCUT2D eigenvalue weighted by atomic mass is 10.1. The predicted octanol–water partition coefficient (Wildman–Crippen LogP) is 3.70. The quantitative estimate of drug-likeness (QED) is 0.679. The van der Waals surface area contributed by atoms with Gasteiger partial charge < -0.3 is 10.2 Å². The minimum atomic E-state index is -0.198. The molecule has 0 saturated heterocycles. The number of ketones is 1. The Balaban J connectivity index is 1.67. The topological polar surface area (TPSA) is 75.2 Å². The first-order chi connectivity index (χ1) is 13.0. The summed E-state index contributed by atoms with van der Waals surface area (Å²) in [4.78, 5) is 25.6. The van der Waals surface area contributed by atoms with Gasteiger partial charge in [-0.3, -0.25) is 9.59 Å². The van der Waals surface area contributed by atoms with Gasteiger partial charge in [-0.25, -0.2) is 0 Å². The highest BCUT2D eigenvalue weighted by molar-refractivity contribution is 5.95. The molecule has 0 fully saturated rings. The minimum Gasteiger partial charge on any atom is -0.339 e. The number of nitrogens with one attached hydrogen (secondary N) is 1. The normalized spacial score (nSPS) is 10.3. The second-order valence-corrected chi connectivity index (χ2v) is 6.21. The number of rotatable bonds is 6. The zero-order chi connectivity index (χ0) is 19.2. The molecular weight excluding hydrogens is 340 g/mol. The molecule has 0 bridgehead atoms. The van der Waals surface area contributed by atoms with Crippen LogP contribution in [-0.4, -0.2) is 33.8 Å². The second kappa shape index (κ2) is 8.23. The zero-order valence-electron chi connectivity index (χ0n) is 15.2.